The van der Waals surface area contributed by atoms with Gasteiger partial charge in [0.1, 0.15) is 0 Å². The maximum absolute atomic E-state index is 5.96. The van der Waals surface area contributed by atoms with Crippen LogP contribution < -0.4 is 0 Å². The van der Waals surface area contributed by atoms with Gasteiger partial charge in [0, 0.05) is 0 Å². The Morgan fingerprint density at radius 3 is 2.44 bits per heavy atom. The average molecular weight is 126 g/mol. The zero-order valence-electron chi connectivity index (χ0n) is 6.43. The lowest BCUT2D eigenvalue weighted by molar-refractivity contribution is -0.894. The fraction of sp³-hybridized carbons (Fsp3) is 0.875. The van der Waals surface area contributed by atoms with E-state index in [4.69, 9.17) is 7.05 Å². The van der Waals surface area contributed by atoms with Gasteiger partial charge in [-0.2, -0.15) is 0 Å². The average Bonchev–Trinajstić information content (AvgIpc) is 1.77. The van der Waals surface area contributed by atoms with Crippen molar-refractivity contribution in [3.05, 3.63) is 7.05 Å². The molecule has 0 saturated carbocycles. The van der Waals surface area contributed by atoms with E-state index >= 15 is 0 Å². The third-order valence-electron chi connectivity index (χ3n) is 2.52. The van der Waals surface area contributed by atoms with Crippen molar-refractivity contribution in [3.63, 3.8) is 0 Å². The summed E-state index contributed by atoms with van der Waals surface area (Å²) in [6.07, 6.45) is 3.97. The largest absolute Gasteiger partial charge is 0.311 e. The Kier molecular flexibility index (Phi) is 1.80. The summed E-state index contributed by atoms with van der Waals surface area (Å²) in [6.45, 7) is 3.39. The lowest BCUT2D eigenvalue weighted by Gasteiger charge is -2.38. The molecule has 2 unspecified atom stereocenters. The van der Waals surface area contributed by atoms with Crippen molar-refractivity contribution in [2.45, 2.75) is 32.2 Å². The number of nitrogens with zero attached hydrogens (tertiary/aromatic N) is 1. The van der Waals surface area contributed by atoms with Crippen LogP contribution in [-0.2, 0) is 0 Å². The van der Waals surface area contributed by atoms with E-state index in [9.17, 15) is 0 Å². The number of piperidine rings is 1. The molecule has 0 aromatic rings. The van der Waals surface area contributed by atoms with Gasteiger partial charge in [-0.05, 0) is 26.2 Å². The molecule has 0 spiro atoms. The minimum Gasteiger partial charge on any atom is -0.311 e. The first-order valence-corrected chi connectivity index (χ1v) is 3.77. The van der Waals surface area contributed by atoms with Crippen molar-refractivity contribution in [3.8, 4) is 0 Å². The Labute approximate surface area is 58.3 Å². The topological polar surface area (TPSA) is 0 Å². The fourth-order valence-corrected chi connectivity index (χ4v) is 1.41. The molecule has 2 radical (unpaired) electrons. The number of hydrogen-bond acceptors (Lipinski definition) is 0. The van der Waals surface area contributed by atoms with Crippen LogP contribution in [0.25, 0.3) is 0 Å². The second-order valence-corrected chi connectivity index (χ2v) is 3.42. The standard InChI is InChI=1S/C8H16N/c1-8-6-4-5-7-9(8,2)3/h2,8H,4-7H2,1,3H3/q+1. The van der Waals surface area contributed by atoms with Crippen LogP contribution in [0.4, 0.5) is 0 Å². The Morgan fingerprint density at radius 2 is 2.11 bits per heavy atom. The predicted molar refractivity (Wildman–Crippen MR) is 38.7 cm³/mol. The molecule has 1 nitrogen and oxygen atoms in total. The van der Waals surface area contributed by atoms with Crippen LogP contribution >= 0.6 is 0 Å². The summed E-state index contributed by atoms with van der Waals surface area (Å²) in [4.78, 5) is 0. The molecule has 1 fully saturated rings. The molecule has 0 bridgehead atoms. The van der Waals surface area contributed by atoms with E-state index in [0.29, 0.717) is 6.04 Å². The van der Waals surface area contributed by atoms with Gasteiger partial charge in [0.25, 0.3) is 0 Å². The highest BCUT2D eigenvalue weighted by molar-refractivity contribution is 4.59. The van der Waals surface area contributed by atoms with Crippen LogP contribution in [0.2, 0.25) is 0 Å². The molecule has 0 aliphatic carbocycles. The van der Waals surface area contributed by atoms with Crippen LogP contribution in [-0.4, -0.2) is 24.1 Å². The van der Waals surface area contributed by atoms with Crippen molar-refractivity contribution >= 4 is 0 Å². The highest BCUT2D eigenvalue weighted by Crippen LogP contribution is 2.21. The number of rotatable bonds is 0. The Hall–Kier alpha value is -0.0400. The maximum atomic E-state index is 5.96. The number of likely N-dealkylation sites (tertiary alicyclic amines) is 1. The molecule has 52 valence electrons. The molecule has 1 aliphatic rings. The highest BCUT2D eigenvalue weighted by Gasteiger charge is 2.27. The summed E-state index contributed by atoms with van der Waals surface area (Å²) in [5.41, 5.74) is 0. The summed E-state index contributed by atoms with van der Waals surface area (Å²) >= 11 is 0. The van der Waals surface area contributed by atoms with Crippen molar-refractivity contribution in [1.29, 1.82) is 0 Å². The number of quaternary nitrogens is 1. The molecular weight excluding hydrogens is 110 g/mol. The predicted octanol–water partition coefficient (Wildman–Crippen LogP) is 1.67. The first-order valence-electron chi connectivity index (χ1n) is 3.77. The first-order chi connectivity index (χ1) is 4.13. The molecule has 1 saturated heterocycles. The molecule has 9 heavy (non-hydrogen) atoms. The minimum atomic E-state index is 0.666. The number of hydrogen-bond donors (Lipinski definition) is 0. The Bertz CT molecular complexity index is 96.7. The molecule has 2 atom stereocenters. The van der Waals surface area contributed by atoms with E-state index in [0.717, 1.165) is 11.0 Å². The van der Waals surface area contributed by atoms with E-state index < -0.39 is 0 Å². The SMILES string of the molecule is [CH][N+]1(C)CCCCC1C. The Balaban J connectivity index is 2.49. The van der Waals surface area contributed by atoms with Crippen molar-refractivity contribution in [2.24, 2.45) is 0 Å². The Morgan fingerprint density at radius 1 is 1.44 bits per heavy atom. The maximum Gasteiger partial charge on any atom is 0.206 e. The van der Waals surface area contributed by atoms with Gasteiger partial charge in [0.15, 0.2) is 0 Å². The van der Waals surface area contributed by atoms with E-state index in [2.05, 4.69) is 14.0 Å². The monoisotopic (exact) mass is 126 g/mol. The second-order valence-electron chi connectivity index (χ2n) is 3.42. The second kappa shape index (κ2) is 2.30. The molecule has 0 aromatic carbocycles. The summed E-state index contributed by atoms with van der Waals surface area (Å²) in [6, 6.07) is 0.666. The van der Waals surface area contributed by atoms with Crippen LogP contribution in [0.3, 0.4) is 0 Å². The van der Waals surface area contributed by atoms with Crippen molar-refractivity contribution < 1.29 is 4.48 Å². The van der Waals surface area contributed by atoms with Crippen LogP contribution in [0.1, 0.15) is 26.2 Å². The van der Waals surface area contributed by atoms with Crippen LogP contribution in [0.15, 0.2) is 0 Å². The van der Waals surface area contributed by atoms with E-state index in [1.165, 1.54) is 19.3 Å². The summed E-state index contributed by atoms with van der Waals surface area (Å²) in [5.74, 6) is 0. The normalized spacial score (nSPS) is 34.3. The van der Waals surface area contributed by atoms with E-state index in [-0.39, 0.29) is 0 Å². The molecule has 1 aliphatic heterocycles. The molecule has 0 N–H and O–H groups in total. The van der Waals surface area contributed by atoms with Gasteiger partial charge >= 0.3 is 0 Å². The van der Waals surface area contributed by atoms with E-state index in [1.54, 1.807) is 0 Å². The lowest BCUT2D eigenvalue weighted by atomic mass is 10.0. The van der Waals surface area contributed by atoms with Gasteiger partial charge in [-0.1, -0.05) is 0 Å². The quantitative estimate of drug-likeness (QED) is 0.433. The molecule has 1 heterocycles. The molecule has 1 rings (SSSR count). The molecular formula is C8H16N+. The smallest absolute Gasteiger partial charge is 0.206 e. The first kappa shape index (κ1) is 7.07. The van der Waals surface area contributed by atoms with E-state index in [1.807, 2.05) is 0 Å². The van der Waals surface area contributed by atoms with Gasteiger partial charge in [-0.15, -0.1) is 0 Å². The zero-order valence-corrected chi connectivity index (χ0v) is 6.43. The fourth-order valence-electron chi connectivity index (χ4n) is 1.41. The highest BCUT2D eigenvalue weighted by atomic mass is 15.3. The van der Waals surface area contributed by atoms with Gasteiger partial charge < -0.3 is 4.48 Å². The van der Waals surface area contributed by atoms with Gasteiger partial charge in [-0.25, -0.2) is 0 Å². The minimum absolute atomic E-state index is 0.666. The summed E-state index contributed by atoms with van der Waals surface area (Å²) < 4.78 is 0.736. The van der Waals surface area contributed by atoms with Gasteiger partial charge in [0.05, 0.1) is 19.6 Å². The van der Waals surface area contributed by atoms with Crippen molar-refractivity contribution in [2.75, 3.05) is 13.6 Å². The third kappa shape index (κ3) is 1.45. The third-order valence-corrected chi connectivity index (χ3v) is 2.52. The summed E-state index contributed by atoms with van der Waals surface area (Å²) in [5, 5.41) is 0. The molecule has 0 amide bonds. The van der Waals surface area contributed by atoms with Crippen molar-refractivity contribution in [1.82, 2.24) is 0 Å². The van der Waals surface area contributed by atoms with Crippen LogP contribution in [0, 0.1) is 7.05 Å². The lowest BCUT2D eigenvalue weighted by Crippen LogP contribution is -2.48. The zero-order chi connectivity index (χ0) is 6.91. The van der Waals surface area contributed by atoms with Crippen LogP contribution in [0.5, 0.6) is 0 Å². The van der Waals surface area contributed by atoms with Gasteiger partial charge in [-0.3, -0.25) is 0 Å². The van der Waals surface area contributed by atoms with Gasteiger partial charge in [0.2, 0.25) is 7.05 Å². The molecule has 1 heteroatoms. The molecule has 0 aromatic heterocycles. The summed E-state index contributed by atoms with van der Waals surface area (Å²) in [7, 11) is 8.07.